The van der Waals surface area contributed by atoms with E-state index >= 15 is 0 Å². The summed E-state index contributed by atoms with van der Waals surface area (Å²) < 4.78 is 0. The highest BCUT2D eigenvalue weighted by atomic mass is 16.3. The molecule has 1 aliphatic rings. The second-order valence-electron chi connectivity index (χ2n) is 1.44. The van der Waals surface area contributed by atoms with Crippen molar-refractivity contribution in [3.63, 3.8) is 0 Å². The molecule has 0 saturated carbocycles. The molecule has 0 aromatic carbocycles. The van der Waals surface area contributed by atoms with Crippen molar-refractivity contribution in [3.8, 4) is 0 Å². The molecule has 5 nitrogen and oxygen atoms in total. The summed E-state index contributed by atoms with van der Waals surface area (Å²) in [7, 11) is 0. The SMILES string of the molecule is NC1NC=NN1CO. The van der Waals surface area contributed by atoms with Crippen LogP contribution in [0.5, 0.6) is 0 Å². The zero-order valence-electron chi connectivity index (χ0n) is 4.28. The fourth-order valence-electron chi connectivity index (χ4n) is 0.466. The first-order valence-corrected chi connectivity index (χ1v) is 2.26. The van der Waals surface area contributed by atoms with Gasteiger partial charge in [-0.2, -0.15) is 5.10 Å². The number of hydrazone groups is 1. The molecule has 0 saturated heterocycles. The topological polar surface area (TPSA) is 73.9 Å². The number of hydrogen-bond acceptors (Lipinski definition) is 5. The third-order valence-corrected chi connectivity index (χ3v) is 0.917. The quantitative estimate of drug-likeness (QED) is 0.371. The van der Waals surface area contributed by atoms with Crippen LogP contribution in [-0.4, -0.2) is 29.5 Å². The summed E-state index contributed by atoms with van der Waals surface area (Å²) in [6, 6.07) is 0. The molecule has 0 fully saturated rings. The Morgan fingerprint density at radius 2 is 2.75 bits per heavy atom. The van der Waals surface area contributed by atoms with Gasteiger partial charge in [0.15, 0.2) is 6.29 Å². The monoisotopic (exact) mass is 116 g/mol. The predicted molar refractivity (Wildman–Crippen MR) is 28.5 cm³/mol. The molecule has 1 aliphatic heterocycles. The Morgan fingerprint density at radius 1 is 2.00 bits per heavy atom. The van der Waals surface area contributed by atoms with Gasteiger partial charge in [0.1, 0.15) is 13.1 Å². The van der Waals surface area contributed by atoms with Gasteiger partial charge in [0, 0.05) is 0 Å². The molecule has 1 rings (SSSR count). The van der Waals surface area contributed by atoms with Crippen molar-refractivity contribution >= 4 is 6.34 Å². The van der Waals surface area contributed by atoms with Gasteiger partial charge in [0.05, 0.1) is 0 Å². The van der Waals surface area contributed by atoms with Gasteiger partial charge in [0.25, 0.3) is 0 Å². The summed E-state index contributed by atoms with van der Waals surface area (Å²) in [5.41, 5.74) is 5.32. The molecule has 1 unspecified atom stereocenters. The van der Waals surface area contributed by atoms with Crippen molar-refractivity contribution in [3.05, 3.63) is 0 Å². The van der Waals surface area contributed by atoms with E-state index in [-0.39, 0.29) is 13.0 Å². The molecule has 0 amide bonds. The van der Waals surface area contributed by atoms with E-state index in [0.29, 0.717) is 0 Å². The van der Waals surface area contributed by atoms with E-state index in [9.17, 15) is 0 Å². The molecular formula is C3H8N4O. The van der Waals surface area contributed by atoms with Crippen LogP contribution in [-0.2, 0) is 0 Å². The molecule has 0 radical (unpaired) electrons. The van der Waals surface area contributed by atoms with Crippen LogP contribution in [0.2, 0.25) is 0 Å². The zero-order chi connectivity index (χ0) is 5.98. The van der Waals surface area contributed by atoms with Crippen LogP contribution >= 0.6 is 0 Å². The standard InChI is InChI=1S/C3H8N4O/c4-3-5-1-6-7(3)2-8/h1,3,8H,2,4H2,(H,5,6). The maximum Gasteiger partial charge on any atom is 0.171 e. The molecule has 0 aromatic rings. The number of aliphatic hydroxyl groups excluding tert-OH is 1. The first kappa shape index (κ1) is 5.33. The number of nitrogens with zero attached hydrogens (tertiary/aromatic N) is 2. The van der Waals surface area contributed by atoms with Gasteiger partial charge in [0.2, 0.25) is 0 Å². The van der Waals surface area contributed by atoms with Gasteiger partial charge < -0.3 is 10.4 Å². The molecule has 1 heterocycles. The van der Waals surface area contributed by atoms with Crippen LogP contribution in [0.4, 0.5) is 0 Å². The molecule has 46 valence electrons. The average Bonchev–Trinajstić information content (AvgIpc) is 2.14. The summed E-state index contributed by atoms with van der Waals surface area (Å²) in [6.07, 6.45) is 1.08. The minimum atomic E-state index is -0.361. The first-order valence-electron chi connectivity index (χ1n) is 2.26. The number of nitrogens with two attached hydrogens (primary N) is 1. The third kappa shape index (κ3) is 0.728. The van der Waals surface area contributed by atoms with Gasteiger partial charge in [-0.1, -0.05) is 0 Å². The maximum absolute atomic E-state index is 8.43. The summed E-state index contributed by atoms with van der Waals surface area (Å²) in [6.45, 7) is -0.148. The van der Waals surface area contributed by atoms with Gasteiger partial charge in [-0.15, -0.1) is 0 Å². The van der Waals surface area contributed by atoms with Crippen LogP contribution < -0.4 is 11.1 Å². The van der Waals surface area contributed by atoms with Crippen molar-refractivity contribution in [1.82, 2.24) is 10.3 Å². The number of hydrogen-bond donors (Lipinski definition) is 3. The Hall–Kier alpha value is -0.810. The lowest BCUT2D eigenvalue weighted by molar-refractivity contribution is 0.0801. The highest BCUT2D eigenvalue weighted by molar-refractivity contribution is 5.55. The molecule has 5 heteroatoms. The smallest absolute Gasteiger partial charge is 0.171 e. The van der Waals surface area contributed by atoms with Crippen molar-refractivity contribution in [2.75, 3.05) is 6.73 Å². The molecule has 1 atom stereocenters. The van der Waals surface area contributed by atoms with Crippen LogP contribution in [0.3, 0.4) is 0 Å². The Bertz CT molecular complexity index is 103. The predicted octanol–water partition coefficient (Wildman–Crippen LogP) is -1.97. The summed E-state index contributed by atoms with van der Waals surface area (Å²) in [5.74, 6) is 0. The third-order valence-electron chi connectivity index (χ3n) is 0.917. The maximum atomic E-state index is 8.43. The molecule has 4 N–H and O–H groups in total. The Morgan fingerprint density at radius 3 is 3.00 bits per heavy atom. The second kappa shape index (κ2) is 1.97. The van der Waals surface area contributed by atoms with Gasteiger partial charge in [-0.05, 0) is 0 Å². The summed E-state index contributed by atoms with van der Waals surface area (Å²) in [5, 5.41) is 16.1. The van der Waals surface area contributed by atoms with Crippen molar-refractivity contribution in [1.29, 1.82) is 0 Å². The van der Waals surface area contributed by atoms with E-state index in [1.807, 2.05) is 0 Å². The van der Waals surface area contributed by atoms with E-state index in [4.69, 9.17) is 10.8 Å². The first-order chi connectivity index (χ1) is 3.84. The van der Waals surface area contributed by atoms with Gasteiger partial charge >= 0.3 is 0 Å². The number of aliphatic hydroxyl groups is 1. The van der Waals surface area contributed by atoms with E-state index in [1.165, 1.54) is 11.3 Å². The lowest BCUT2D eigenvalue weighted by Gasteiger charge is -2.15. The van der Waals surface area contributed by atoms with E-state index in [1.54, 1.807) is 0 Å². The number of rotatable bonds is 1. The van der Waals surface area contributed by atoms with E-state index in [2.05, 4.69) is 10.4 Å². The van der Waals surface area contributed by atoms with Crippen molar-refractivity contribution < 1.29 is 5.11 Å². The highest BCUT2D eigenvalue weighted by Crippen LogP contribution is 1.91. The lowest BCUT2D eigenvalue weighted by atomic mass is 10.8. The van der Waals surface area contributed by atoms with Crippen LogP contribution in [0.25, 0.3) is 0 Å². The normalized spacial score (nSPS) is 26.2. The molecule has 0 aromatic heterocycles. The van der Waals surface area contributed by atoms with E-state index < -0.39 is 0 Å². The van der Waals surface area contributed by atoms with Crippen molar-refractivity contribution in [2.45, 2.75) is 6.29 Å². The minimum absolute atomic E-state index is 0.148. The van der Waals surface area contributed by atoms with Gasteiger partial charge in [-0.3, -0.25) is 5.73 Å². The summed E-state index contributed by atoms with van der Waals surface area (Å²) >= 11 is 0. The minimum Gasteiger partial charge on any atom is -0.375 e. The Kier molecular flexibility index (Phi) is 1.32. The Balaban J connectivity index is 2.41. The van der Waals surface area contributed by atoms with E-state index in [0.717, 1.165) is 0 Å². The molecule has 0 bridgehead atoms. The van der Waals surface area contributed by atoms with Gasteiger partial charge in [-0.25, -0.2) is 5.01 Å². The average molecular weight is 116 g/mol. The van der Waals surface area contributed by atoms with Crippen LogP contribution in [0, 0.1) is 0 Å². The molecule has 0 aliphatic carbocycles. The highest BCUT2D eigenvalue weighted by Gasteiger charge is 2.11. The largest absolute Gasteiger partial charge is 0.375 e. The van der Waals surface area contributed by atoms with Crippen LogP contribution in [0.1, 0.15) is 0 Å². The number of nitrogens with one attached hydrogen (secondary N) is 1. The fraction of sp³-hybridized carbons (Fsp3) is 0.667. The molecular weight excluding hydrogens is 108 g/mol. The fourth-order valence-corrected chi connectivity index (χ4v) is 0.466. The van der Waals surface area contributed by atoms with Crippen LogP contribution in [0.15, 0.2) is 5.10 Å². The Labute approximate surface area is 46.8 Å². The van der Waals surface area contributed by atoms with Crippen molar-refractivity contribution in [2.24, 2.45) is 10.8 Å². The lowest BCUT2D eigenvalue weighted by Crippen LogP contribution is -2.44. The zero-order valence-corrected chi connectivity index (χ0v) is 4.28. The second-order valence-corrected chi connectivity index (χ2v) is 1.44. The molecule has 8 heavy (non-hydrogen) atoms. The summed E-state index contributed by atoms with van der Waals surface area (Å²) in [4.78, 5) is 0. The molecule has 0 spiro atoms.